The summed E-state index contributed by atoms with van der Waals surface area (Å²) in [6.45, 7) is 0. The highest BCUT2D eigenvalue weighted by atomic mass is 79.9. The maximum atomic E-state index is 13.5. The topological polar surface area (TPSA) is 48.2 Å². The molecule has 0 bridgehead atoms. The van der Waals surface area contributed by atoms with Gasteiger partial charge in [0.25, 0.3) is 0 Å². The number of rotatable bonds is 3. The maximum Gasteiger partial charge on any atom is 0.471 e. The van der Waals surface area contributed by atoms with Gasteiger partial charge in [-0.25, -0.2) is 4.39 Å². The SMILES string of the molecule is Fc1cc(Oc2[c]ccc(-c3noc(C(F)(F)F)n3)c2)ccc1Br. The van der Waals surface area contributed by atoms with Crippen LogP contribution in [0.25, 0.3) is 11.4 Å². The van der Waals surface area contributed by atoms with Crippen LogP contribution in [0.5, 0.6) is 11.5 Å². The molecular weight excluding hydrogens is 396 g/mol. The third kappa shape index (κ3) is 3.56. The molecule has 1 aromatic heterocycles. The van der Waals surface area contributed by atoms with Crippen LogP contribution in [-0.2, 0) is 6.18 Å². The van der Waals surface area contributed by atoms with E-state index in [1.807, 2.05) is 0 Å². The van der Waals surface area contributed by atoms with E-state index in [0.29, 0.717) is 0 Å². The van der Waals surface area contributed by atoms with Crippen LogP contribution in [0, 0.1) is 11.9 Å². The molecule has 0 N–H and O–H groups in total. The van der Waals surface area contributed by atoms with E-state index in [0.717, 1.165) is 6.07 Å². The molecule has 123 valence electrons. The van der Waals surface area contributed by atoms with Gasteiger partial charge >= 0.3 is 12.1 Å². The molecule has 0 unspecified atom stereocenters. The Balaban J connectivity index is 1.86. The molecule has 0 atom stereocenters. The quantitative estimate of drug-likeness (QED) is 0.562. The minimum atomic E-state index is -4.72. The molecule has 2 aromatic carbocycles. The standard InChI is InChI=1S/C15H6BrF4N2O2/c16-11-5-4-10(7-12(11)17)23-9-3-1-2-8(6-9)13-21-14(24-22-13)15(18,19)20/h1-2,4-7H. The summed E-state index contributed by atoms with van der Waals surface area (Å²) in [6.07, 6.45) is -4.72. The van der Waals surface area contributed by atoms with Crippen LogP contribution in [-0.4, -0.2) is 10.1 Å². The minimum Gasteiger partial charge on any atom is -0.457 e. The van der Waals surface area contributed by atoms with Crippen LogP contribution in [0.2, 0.25) is 0 Å². The number of halogens is 5. The Morgan fingerprint density at radius 2 is 1.96 bits per heavy atom. The number of benzene rings is 2. The van der Waals surface area contributed by atoms with E-state index in [9.17, 15) is 17.6 Å². The Hall–Kier alpha value is -2.42. The van der Waals surface area contributed by atoms with Crippen LogP contribution in [0.3, 0.4) is 0 Å². The van der Waals surface area contributed by atoms with E-state index in [2.05, 4.69) is 36.7 Å². The first-order valence-corrected chi connectivity index (χ1v) is 7.18. The van der Waals surface area contributed by atoms with Gasteiger partial charge in [0.15, 0.2) is 0 Å². The van der Waals surface area contributed by atoms with Crippen LogP contribution >= 0.6 is 15.9 Å². The number of ether oxygens (including phenoxy) is 1. The lowest BCUT2D eigenvalue weighted by Gasteiger charge is -2.06. The summed E-state index contributed by atoms with van der Waals surface area (Å²) in [7, 11) is 0. The predicted octanol–water partition coefficient (Wildman–Crippen LogP) is 5.25. The molecule has 3 aromatic rings. The monoisotopic (exact) mass is 401 g/mol. The molecule has 0 fully saturated rings. The molecule has 0 saturated carbocycles. The van der Waals surface area contributed by atoms with Crippen LogP contribution in [0.15, 0.2) is 45.4 Å². The second kappa shape index (κ2) is 6.23. The average Bonchev–Trinajstić information content (AvgIpc) is 3.01. The van der Waals surface area contributed by atoms with Gasteiger partial charge in [-0.2, -0.15) is 18.2 Å². The van der Waals surface area contributed by atoms with E-state index in [4.69, 9.17) is 4.74 Å². The fourth-order valence-electron chi connectivity index (χ4n) is 1.77. The molecule has 0 saturated heterocycles. The van der Waals surface area contributed by atoms with Gasteiger partial charge in [-0.05, 0) is 40.2 Å². The first-order valence-electron chi connectivity index (χ1n) is 6.39. The van der Waals surface area contributed by atoms with Crippen molar-refractivity contribution in [3.63, 3.8) is 0 Å². The largest absolute Gasteiger partial charge is 0.471 e. The molecule has 1 radical (unpaired) electrons. The first-order chi connectivity index (χ1) is 11.3. The Morgan fingerprint density at radius 1 is 1.17 bits per heavy atom. The predicted molar refractivity (Wildman–Crippen MR) is 77.7 cm³/mol. The zero-order valence-electron chi connectivity index (χ0n) is 11.6. The lowest BCUT2D eigenvalue weighted by Crippen LogP contribution is -2.04. The zero-order chi connectivity index (χ0) is 17.3. The van der Waals surface area contributed by atoms with Crippen molar-refractivity contribution in [3.8, 4) is 22.9 Å². The van der Waals surface area contributed by atoms with Gasteiger partial charge in [0.1, 0.15) is 17.3 Å². The van der Waals surface area contributed by atoms with Gasteiger partial charge < -0.3 is 9.26 Å². The highest BCUT2D eigenvalue weighted by Crippen LogP contribution is 2.31. The third-order valence-electron chi connectivity index (χ3n) is 2.82. The molecular formula is C15H6BrF4N2O2. The van der Waals surface area contributed by atoms with Crippen molar-refractivity contribution in [2.75, 3.05) is 0 Å². The lowest BCUT2D eigenvalue weighted by molar-refractivity contribution is -0.159. The van der Waals surface area contributed by atoms with E-state index in [1.165, 1.54) is 30.3 Å². The molecule has 0 amide bonds. The Labute approximate surface area is 141 Å². The van der Waals surface area contributed by atoms with Crippen molar-refractivity contribution in [2.45, 2.75) is 6.18 Å². The molecule has 4 nitrogen and oxygen atoms in total. The van der Waals surface area contributed by atoms with Gasteiger partial charge in [-0.1, -0.05) is 11.2 Å². The van der Waals surface area contributed by atoms with Crippen molar-refractivity contribution in [1.29, 1.82) is 0 Å². The average molecular weight is 402 g/mol. The van der Waals surface area contributed by atoms with Crippen molar-refractivity contribution >= 4 is 15.9 Å². The summed E-state index contributed by atoms with van der Waals surface area (Å²) < 4.78 is 60.8. The number of alkyl halides is 3. The lowest BCUT2D eigenvalue weighted by atomic mass is 10.2. The van der Waals surface area contributed by atoms with E-state index < -0.39 is 17.9 Å². The summed E-state index contributed by atoms with van der Waals surface area (Å²) in [5.41, 5.74) is 0.237. The second-order valence-electron chi connectivity index (χ2n) is 4.54. The van der Waals surface area contributed by atoms with E-state index in [-0.39, 0.29) is 27.4 Å². The fraction of sp³-hybridized carbons (Fsp3) is 0.0667. The van der Waals surface area contributed by atoms with Gasteiger partial charge in [0.05, 0.1) is 4.47 Å². The van der Waals surface area contributed by atoms with Gasteiger partial charge in [0, 0.05) is 17.7 Å². The summed E-state index contributed by atoms with van der Waals surface area (Å²) in [5, 5.41) is 3.29. The second-order valence-corrected chi connectivity index (χ2v) is 5.39. The van der Waals surface area contributed by atoms with Gasteiger partial charge in [-0.3, -0.25) is 0 Å². The molecule has 0 spiro atoms. The highest BCUT2D eigenvalue weighted by Gasteiger charge is 2.38. The summed E-state index contributed by atoms with van der Waals surface area (Å²) in [5.74, 6) is -1.84. The fourth-order valence-corrected chi connectivity index (χ4v) is 2.01. The summed E-state index contributed by atoms with van der Waals surface area (Å²) in [6, 6.07) is 11.1. The smallest absolute Gasteiger partial charge is 0.457 e. The highest BCUT2D eigenvalue weighted by molar-refractivity contribution is 9.10. The Morgan fingerprint density at radius 3 is 2.62 bits per heavy atom. The third-order valence-corrected chi connectivity index (χ3v) is 3.46. The molecule has 0 aliphatic rings. The number of hydrogen-bond donors (Lipinski definition) is 0. The van der Waals surface area contributed by atoms with Gasteiger partial charge in [-0.15, -0.1) is 0 Å². The Bertz CT molecular complexity index is 880. The van der Waals surface area contributed by atoms with Crippen molar-refractivity contribution in [2.24, 2.45) is 0 Å². The molecule has 24 heavy (non-hydrogen) atoms. The summed E-state index contributed by atoms with van der Waals surface area (Å²) >= 11 is 3.02. The van der Waals surface area contributed by atoms with Crippen LogP contribution in [0.4, 0.5) is 17.6 Å². The first kappa shape index (κ1) is 16.4. The number of aromatic nitrogens is 2. The summed E-state index contributed by atoms with van der Waals surface area (Å²) in [4.78, 5) is 3.29. The van der Waals surface area contributed by atoms with Gasteiger partial charge in [0.2, 0.25) is 5.82 Å². The van der Waals surface area contributed by atoms with Crippen LogP contribution < -0.4 is 4.74 Å². The molecule has 1 heterocycles. The molecule has 9 heteroatoms. The number of nitrogens with zero attached hydrogens (tertiary/aromatic N) is 2. The maximum absolute atomic E-state index is 13.5. The van der Waals surface area contributed by atoms with Crippen molar-refractivity contribution in [3.05, 3.63) is 58.6 Å². The zero-order valence-corrected chi connectivity index (χ0v) is 13.2. The molecule has 0 aliphatic carbocycles. The van der Waals surface area contributed by atoms with Crippen molar-refractivity contribution in [1.82, 2.24) is 10.1 Å². The minimum absolute atomic E-state index is 0.160. The Kier molecular flexibility index (Phi) is 4.27. The van der Waals surface area contributed by atoms with Crippen molar-refractivity contribution < 1.29 is 26.8 Å². The van der Waals surface area contributed by atoms with E-state index >= 15 is 0 Å². The number of hydrogen-bond acceptors (Lipinski definition) is 4. The van der Waals surface area contributed by atoms with Crippen LogP contribution in [0.1, 0.15) is 5.89 Å². The molecule has 3 rings (SSSR count). The molecule has 0 aliphatic heterocycles. The van der Waals surface area contributed by atoms with E-state index in [1.54, 1.807) is 0 Å². The normalized spacial score (nSPS) is 11.5.